The number of rotatable bonds is 2. The number of benzene rings is 1. The molecule has 1 atom stereocenters. The minimum Gasteiger partial charge on any atom is -0.396 e. The Bertz CT molecular complexity index is 645. The Labute approximate surface area is 118 Å². The fraction of sp³-hybridized carbons (Fsp3) is 0.250. The molecule has 1 aliphatic rings. The molecule has 0 aliphatic carbocycles. The molecule has 0 radical (unpaired) electrons. The molecule has 4 heteroatoms. The van der Waals surface area contributed by atoms with Crippen LogP contribution >= 0.6 is 0 Å². The molecule has 1 saturated heterocycles. The van der Waals surface area contributed by atoms with Crippen LogP contribution in [0.1, 0.15) is 30.0 Å². The van der Waals surface area contributed by atoms with Crippen molar-refractivity contribution in [2.45, 2.75) is 18.9 Å². The summed E-state index contributed by atoms with van der Waals surface area (Å²) < 4.78 is 0. The zero-order valence-corrected chi connectivity index (χ0v) is 11.2. The van der Waals surface area contributed by atoms with Crippen molar-refractivity contribution in [2.24, 2.45) is 0 Å². The van der Waals surface area contributed by atoms with E-state index in [0.29, 0.717) is 17.3 Å². The quantitative estimate of drug-likeness (QED) is 0.847. The van der Waals surface area contributed by atoms with E-state index in [2.05, 4.69) is 16.0 Å². The molecule has 2 N–H and O–H groups in total. The average Bonchev–Trinajstić information content (AvgIpc) is 2.97. The van der Waals surface area contributed by atoms with E-state index in [1.165, 1.54) is 5.56 Å². The molecule has 0 spiro atoms. The zero-order chi connectivity index (χ0) is 13.9. The average molecular weight is 264 g/mol. The third-order valence-corrected chi connectivity index (χ3v) is 3.86. The molecule has 0 amide bonds. The number of nitrogens with two attached hydrogens (primary N) is 1. The highest BCUT2D eigenvalue weighted by Crippen LogP contribution is 2.39. The lowest BCUT2D eigenvalue weighted by Crippen LogP contribution is -2.23. The van der Waals surface area contributed by atoms with E-state index < -0.39 is 0 Å². The Morgan fingerprint density at radius 1 is 1.25 bits per heavy atom. The summed E-state index contributed by atoms with van der Waals surface area (Å²) >= 11 is 0. The molecule has 0 bridgehead atoms. The number of hydrogen-bond donors (Lipinski definition) is 1. The summed E-state index contributed by atoms with van der Waals surface area (Å²) in [6.45, 7) is 0.964. The van der Waals surface area contributed by atoms with Gasteiger partial charge in [-0.3, -0.25) is 4.98 Å². The number of pyridine rings is 1. The third-order valence-electron chi connectivity index (χ3n) is 3.86. The molecular weight excluding hydrogens is 248 g/mol. The van der Waals surface area contributed by atoms with Gasteiger partial charge in [-0.1, -0.05) is 6.07 Å². The van der Waals surface area contributed by atoms with Crippen LogP contribution in [-0.2, 0) is 0 Å². The largest absolute Gasteiger partial charge is 0.396 e. The van der Waals surface area contributed by atoms with Crippen LogP contribution < -0.4 is 10.6 Å². The Morgan fingerprint density at radius 2 is 2.05 bits per heavy atom. The topological polar surface area (TPSA) is 65.9 Å². The normalized spacial score (nSPS) is 17.9. The molecule has 3 rings (SSSR count). The molecule has 2 aromatic rings. The summed E-state index contributed by atoms with van der Waals surface area (Å²) in [6.07, 6.45) is 5.87. The molecule has 1 aromatic carbocycles. The summed E-state index contributed by atoms with van der Waals surface area (Å²) in [5.41, 5.74) is 9.47. The van der Waals surface area contributed by atoms with Crippen LogP contribution in [0.2, 0.25) is 0 Å². The molecule has 2 heterocycles. The van der Waals surface area contributed by atoms with Gasteiger partial charge < -0.3 is 10.6 Å². The number of hydrogen-bond acceptors (Lipinski definition) is 4. The summed E-state index contributed by atoms with van der Waals surface area (Å²) in [5, 5.41) is 9.11. The Morgan fingerprint density at radius 3 is 2.80 bits per heavy atom. The van der Waals surface area contributed by atoms with Crippen LogP contribution in [0.3, 0.4) is 0 Å². The first-order valence-corrected chi connectivity index (χ1v) is 6.76. The van der Waals surface area contributed by atoms with Crippen LogP contribution in [0.4, 0.5) is 11.4 Å². The molecular formula is C16H16N4. The van der Waals surface area contributed by atoms with Crippen LogP contribution in [0.25, 0.3) is 0 Å². The zero-order valence-electron chi connectivity index (χ0n) is 11.2. The molecule has 20 heavy (non-hydrogen) atoms. The van der Waals surface area contributed by atoms with Gasteiger partial charge in [-0.15, -0.1) is 0 Å². The van der Waals surface area contributed by atoms with Crippen LogP contribution in [0.5, 0.6) is 0 Å². The fourth-order valence-electron chi connectivity index (χ4n) is 2.89. The number of nitriles is 1. The van der Waals surface area contributed by atoms with Crippen molar-refractivity contribution in [2.75, 3.05) is 17.2 Å². The van der Waals surface area contributed by atoms with Gasteiger partial charge in [0, 0.05) is 18.9 Å². The SMILES string of the molecule is N#Cc1cccc(N2CCCC2c2ccncc2)c1N. The lowest BCUT2D eigenvalue weighted by atomic mass is 10.0. The second-order valence-corrected chi connectivity index (χ2v) is 4.98. The van der Waals surface area contributed by atoms with Gasteiger partial charge in [0.1, 0.15) is 6.07 Å². The van der Waals surface area contributed by atoms with Gasteiger partial charge in [0.05, 0.1) is 23.0 Å². The Kier molecular flexibility index (Phi) is 3.26. The number of para-hydroxylation sites is 1. The number of nitrogen functional groups attached to an aromatic ring is 1. The first kappa shape index (κ1) is 12.5. The Balaban J connectivity index is 2.00. The van der Waals surface area contributed by atoms with Crippen LogP contribution in [-0.4, -0.2) is 11.5 Å². The summed E-state index contributed by atoms with van der Waals surface area (Å²) in [6, 6.07) is 12.2. The summed E-state index contributed by atoms with van der Waals surface area (Å²) in [4.78, 5) is 6.37. The molecule has 1 aromatic heterocycles. The molecule has 1 fully saturated rings. The summed E-state index contributed by atoms with van der Waals surface area (Å²) in [5.74, 6) is 0. The maximum atomic E-state index is 9.11. The second-order valence-electron chi connectivity index (χ2n) is 4.98. The van der Waals surface area contributed by atoms with Crippen molar-refractivity contribution in [3.8, 4) is 6.07 Å². The lowest BCUT2D eigenvalue weighted by molar-refractivity contribution is 0.718. The predicted octanol–water partition coefficient (Wildman–Crippen LogP) is 2.88. The highest BCUT2D eigenvalue weighted by atomic mass is 15.2. The molecule has 0 saturated carbocycles. The van der Waals surface area contributed by atoms with Crippen molar-refractivity contribution in [1.29, 1.82) is 5.26 Å². The van der Waals surface area contributed by atoms with E-state index in [0.717, 1.165) is 25.1 Å². The maximum Gasteiger partial charge on any atom is 0.101 e. The molecule has 1 unspecified atom stereocenters. The molecule has 4 nitrogen and oxygen atoms in total. The van der Waals surface area contributed by atoms with Gasteiger partial charge in [0.15, 0.2) is 0 Å². The van der Waals surface area contributed by atoms with Gasteiger partial charge in [0.2, 0.25) is 0 Å². The minimum absolute atomic E-state index is 0.314. The van der Waals surface area contributed by atoms with E-state index in [-0.39, 0.29) is 0 Å². The smallest absolute Gasteiger partial charge is 0.101 e. The van der Waals surface area contributed by atoms with Crippen molar-refractivity contribution in [3.05, 3.63) is 53.9 Å². The van der Waals surface area contributed by atoms with Gasteiger partial charge in [-0.2, -0.15) is 5.26 Å². The summed E-state index contributed by atoms with van der Waals surface area (Å²) in [7, 11) is 0. The van der Waals surface area contributed by atoms with E-state index in [9.17, 15) is 0 Å². The van der Waals surface area contributed by atoms with Crippen molar-refractivity contribution in [3.63, 3.8) is 0 Å². The first-order valence-electron chi connectivity index (χ1n) is 6.76. The molecule has 100 valence electrons. The second kappa shape index (κ2) is 5.22. The van der Waals surface area contributed by atoms with Gasteiger partial charge in [0.25, 0.3) is 0 Å². The number of aromatic nitrogens is 1. The van der Waals surface area contributed by atoms with Gasteiger partial charge >= 0.3 is 0 Å². The van der Waals surface area contributed by atoms with Crippen molar-refractivity contribution in [1.82, 2.24) is 4.98 Å². The van der Waals surface area contributed by atoms with Crippen molar-refractivity contribution >= 4 is 11.4 Å². The van der Waals surface area contributed by atoms with Crippen LogP contribution in [0.15, 0.2) is 42.7 Å². The van der Waals surface area contributed by atoms with Gasteiger partial charge in [-0.05, 0) is 42.7 Å². The fourth-order valence-corrected chi connectivity index (χ4v) is 2.89. The number of anilines is 2. The van der Waals surface area contributed by atoms with Crippen LogP contribution in [0, 0.1) is 11.3 Å². The maximum absolute atomic E-state index is 9.11. The van der Waals surface area contributed by atoms with Gasteiger partial charge in [-0.25, -0.2) is 0 Å². The van der Waals surface area contributed by atoms with E-state index in [1.54, 1.807) is 6.07 Å². The van der Waals surface area contributed by atoms with Crippen molar-refractivity contribution < 1.29 is 0 Å². The minimum atomic E-state index is 0.314. The molecule has 1 aliphatic heterocycles. The first-order chi connectivity index (χ1) is 9.81. The van der Waals surface area contributed by atoms with E-state index in [1.807, 2.05) is 36.7 Å². The third kappa shape index (κ3) is 2.08. The van der Waals surface area contributed by atoms with E-state index in [4.69, 9.17) is 11.0 Å². The monoisotopic (exact) mass is 264 g/mol. The standard InChI is InChI=1S/C16H16N4/c17-11-13-3-1-4-15(16(13)18)20-10-2-5-14(20)12-6-8-19-9-7-12/h1,3-4,6-9,14H,2,5,10,18H2. The lowest BCUT2D eigenvalue weighted by Gasteiger charge is -2.28. The predicted molar refractivity (Wildman–Crippen MR) is 79.1 cm³/mol. The Hall–Kier alpha value is -2.54. The highest BCUT2D eigenvalue weighted by Gasteiger charge is 2.27. The highest BCUT2D eigenvalue weighted by molar-refractivity contribution is 5.74. The number of nitrogens with zero attached hydrogens (tertiary/aromatic N) is 3. The van der Waals surface area contributed by atoms with E-state index >= 15 is 0 Å².